The van der Waals surface area contributed by atoms with E-state index in [2.05, 4.69) is 80.6 Å². The molecule has 0 fully saturated rings. The van der Waals surface area contributed by atoms with Crippen LogP contribution in [-0.2, 0) is 6.42 Å². The molecule has 1 aliphatic rings. The van der Waals surface area contributed by atoms with Gasteiger partial charge in [0.1, 0.15) is 0 Å². The summed E-state index contributed by atoms with van der Waals surface area (Å²) in [6.45, 7) is 4.70. The van der Waals surface area contributed by atoms with Crippen LogP contribution in [0.2, 0.25) is 0 Å². The fourth-order valence-corrected chi connectivity index (χ4v) is 8.47. The van der Waals surface area contributed by atoms with Crippen molar-refractivity contribution in [3.63, 3.8) is 0 Å². The van der Waals surface area contributed by atoms with Crippen LogP contribution in [0.4, 0.5) is 0 Å². The van der Waals surface area contributed by atoms with Crippen molar-refractivity contribution in [2.45, 2.75) is 129 Å². The maximum absolute atomic E-state index is 2.55. The van der Waals surface area contributed by atoms with E-state index < -0.39 is 9.52 Å². The first-order valence-corrected chi connectivity index (χ1v) is 17.7. The molecule has 0 radical (unpaired) electrons. The minimum absolute atomic E-state index is 0.417. The Labute approximate surface area is 238 Å². The van der Waals surface area contributed by atoms with E-state index in [1.165, 1.54) is 115 Å². The second-order valence-electron chi connectivity index (χ2n) is 11.9. The molecule has 2 aromatic rings. The van der Waals surface area contributed by atoms with Crippen LogP contribution in [0.5, 0.6) is 0 Å². The Kier molecular flexibility index (Phi) is 15.5. The minimum atomic E-state index is -0.417. The maximum atomic E-state index is 2.55. The summed E-state index contributed by atoms with van der Waals surface area (Å²) in [6.07, 6.45) is 28.1. The standard InChI is InChI=1S/C37H56Si/c1-3-4-5-6-7-8-9-10-11-12-13-14-15-16-17-24-29-36-32(2)30-34(31-33-25-20-18-21-26-33)37(36)38-35-27-22-19-23-28-35/h18-23,25-28,30,36H,3-17,24,29,31,38H2,1-2H3. The van der Waals surface area contributed by atoms with Crippen LogP contribution in [0.3, 0.4) is 0 Å². The molecule has 1 unspecified atom stereocenters. The highest BCUT2D eigenvalue weighted by atomic mass is 28.2. The molecule has 2 aromatic carbocycles. The lowest BCUT2D eigenvalue weighted by Crippen LogP contribution is -2.21. The van der Waals surface area contributed by atoms with E-state index in [9.17, 15) is 0 Å². The smallest absolute Gasteiger partial charge is 0.0722 e. The average molecular weight is 529 g/mol. The van der Waals surface area contributed by atoms with Crippen LogP contribution < -0.4 is 5.19 Å². The number of benzene rings is 2. The first kappa shape index (κ1) is 30.7. The Morgan fingerprint density at radius 3 is 1.58 bits per heavy atom. The molecule has 0 amide bonds. The molecular weight excluding hydrogens is 472 g/mol. The molecular formula is C37H56Si. The molecule has 0 aliphatic heterocycles. The number of hydrogen-bond acceptors (Lipinski definition) is 0. The van der Waals surface area contributed by atoms with Crippen molar-refractivity contribution < 1.29 is 0 Å². The van der Waals surface area contributed by atoms with Gasteiger partial charge in [0.05, 0.1) is 9.52 Å². The summed E-state index contributed by atoms with van der Waals surface area (Å²) in [5, 5.41) is 3.41. The van der Waals surface area contributed by atoms with Crippen molar-refractivity contribution in [2.24, 2.45) is 5.92 Å². The highest BCUT2D eigenvalue weighted by molar-refractivity contribution is 6.61. The molecule has 0 saturated heterocycles. The molecule has 0 aromatic heterocycles. The largest absolute Gasteiger partial charge is 0.0835 e. The summed E-state index contributed by atoms with van der Waals surface area (Å²) in [5.41, 5.74) is 4.70. The molecule has 1 heteroatoms. The highest BCUT2D eigenvalue weighted by Crippen LogP contribution is 2.36. The molecule has 0 bridgehead atoms. The second-order valence-corrected chi connectivity index (χ2v) is 13.8. The Morgan fingerprint density at radius 1 is 0.579 bits per heavy atom. The van der Waals surface area contributed by atoms with Crippen molar-refractivity contribution >= 4 is 14.7 Å². The van der Waals surface area contributed by atoms with Crippen molar-refractivity contribution in [3.8, 4) is 0 Å². The predicted octanol–water partition coefficient (Wildman–Crippen LogP) is 10.2. The Morgan fingerprint density at radius 2 is 1.05 bits per heavy atom. The lowest BCUT2D eigenvalue weighted by Gasteiger charge is -2.19. The van der Waals surface area contributed by atoms with Crippen LogP contribution in [0.1, 0.15) is 129 Å². The summed E-state index contributed by atoms with van der Waals surface area (Å²) < 4.78 is 0. The number of allylic oxidation sites excluding steroid dienone is 4. The maximum Gasteiger partial charge on any atom is 0.0835 e. The first-order chi connectivity index (χ1) is 18.8. The zero-order valence-corrected chi connectivity index (χ0v) is 26.3. The normalized spacial score (nSPS) is 15.6. The van der Waals surface area contributed by atoms with Gasteiger partial charge >= 0.3 is 0 Å². The molecule has 1 atom stereocenters. The van der Waals surface area contributed by atoms with Crippen LogP contribution in [0.15, 0.2) is 83.1 Å². The van der Waals surface area contributed by atoms with Crippen LogP contribution in [-0.4, -0.2) is 9.52 Å². The van der Waals surface area contributed by atoms with Gasteiger partial charge in [-0.2, -0.15) is 0 Å². The average Bonchev–Trinajstić information content (AvgIpc) is 3.22. The van der Waals surface area contributed by atoms with E-state index in [0.29, 0.717) is 5.92 Å². The van der Waals surface area contributed by atoms with Gasteiger partial charge in [0.25, 0.3) is 0 Å². The monoisotopic (exact) mass is 528 g/mol. The lowest BCUT2D eigenvalue weighted by molar-refractivity contribution is 0.519. The summed E-state index contributed by atoms with van der Waals surface area (Å²) in [7, 11) is -0.417. The molecule has 0 N–H and O–H groups in total. The Balaban J connectivity index is 1.32. The van der Waals surface area contributed by atoms with Gasteiger partial charge in [0.2, 0.25) is 0 Å². The molecule has 0 saturated carbocycles. The van der Waals surface area contributed by atoms with Gasteiger partial charge in [-0.15, -0.1) is 0 Å². The molecule has 3 rings (SSSR count). The summed E-state index contributed by atoms with van der Waals surface area (Å²) >= 11 is 0. The van der Waals surface area contributed by atoms with Crippen molar-refractivity contribution in [1.29, 1.82) is 0 Å². The molecule has 38 heavy (non-hydrogen) atoms. The van der Waals surface area contributed by atoms with Crippen molar-refractivity contribution in [1.82, 2.24) is 0 Å². The van der Waals surface area contributed by atoms with Crippen LogP contribution >= 0.6 is 0 Å². The van der Waals surface area contributed by atoms with Gasteiger partial charge in [0.15, 0.2) is 0 Å². The zero-order chi connectivity index (χ0) is 26.7. The number of rotatable bonds is 21. The van der Waals surface area contributed by atoms with E-state index in [4.69, 9.17) is 0 Å². The number of hydrogen-bond donors (Lipinski definition) is 0. The van der Waals surface area contributed by atoms with Crippen LogP contribution in [0.25, 0.3) is 0 Å². The van der Waals surface area contributed by atoms with E-state index in [0.717, 1.165) is 6.42 Å². The molecule has 1 aliphatic carbocycles. The molecule has 0 heterocycles. The summed E-state index contributed by atoms with van der Waals surface area (Å²) in [5.74, 6) is 0.701. The zero-order valence-electron chi connectivity index (χ0n) is 24.9. The second kappa shape index (κ2) is 19.2. The topological polar surface area (TPSA) is 0 Å². The van der Waals surface area contributed by atoms with Crippen molar-refractivity contribution in [3.05, 3.63) is 88.6 Å². The quantitative estimate of drug-likeness (QED) is 0.112. The summed E-state index contributed by atoms with van der Waals surface area (Å²) in [4.78, 5) is 0. The Hall–Kier alpha value is -1.86. The van der Waals surface area contributed by atoms with Gasteiger partial charge < -0.3 is 0 Å². The third-order valence-corrected chi connectivity index (χ3v) is 10.8. The minimum Gasteiger partial charge on any atom is -0.0722 e. The summed E-state index contributed by atoms with van der Waals surface area (Å²) in [6, 6.07) is 22.4. The molecule has 0 spiro atoms. The fourth-order valence-electron chi connectivity index (χ4n) is 6.30. The molecule has 208 valence electrons. The van der Waals surface area contributed by atoms with E-state index in [1.54, 1.807) is 16.3 Å². The first-order valence-electron chi connectivity index (χ1n) is 16.3. The lowest BCUT2D eigenvalue weighted by atomic mass is 9.95. The van der Waals surface area contributed by atoms with Gasteiger partial charge in [0, 0.05) is 0 Å². The van der Waals surface area contributed by atoms with Crippen LogP contribution in [0, 0.1) is 5.92 Å². The van der Waals surface area contributed by atoms with Gasteiger partial charge in [-0.1, -0.05) is 192 Å². The third-order valence-electron chi connectivity index (χ3n) is 8.61. The van der Waals surface area contributed by atoms with E-state index >= 15 is 0 Å². The van der Waals surface area contributed by atoms with E-state index in [1.807, 2.05) is 5.20 Å². The third kappa shape index (κ3) is 11.9. The van der Waals surface area contributed by atoms with Gasteiger partial charge in [-0.05, 0) is 36.8 Å². The SMILES string of the molecule is CCCCCCCCCCCCCCCCCCC1C(C)=CC(Cc2ccccc2)=C1[SiH2]c1ccccc1. The Bertz CT molecular complexity index is 924. The molecule has 0 nitrogen and oxygen atoms in total. The predicted molar refractivity (Wildman–Crippen MR) is 173 cm³/mol. The van der Waals surface area contributed by atoms with E-state index in [-0.39, 0.29) is 0 Å². The highest BCUT2D eigenvalue weighted by Gasteiger charge is 2.25. The van der Waals surface area contributed by atoms with Gasteiger partial charge in [-0.3, -0.25) is 0 Å². The van der Waals surface area contributed by atoms with Gasteiger partial charge in [-0.25, -0.2) is 0 Å². The van der Waals surface area contributed by atoms with Crippen molar-refractivity contribution in [2.75, 3.05) is 0 Å². The number of unbranched alkanes of at least 4 members (excludes halogenated alkanes) is 15. The fraction of sp³-hybridized carbons (Fsp3) is 0.568.